The number of H-pyrrole nitrogens is 1. The van der Waals surface area contributed by atoms with Gasteiger partial charge >= 0.3 is 0 Å². The van der Waals surface area contributed by atoms with Crippen LogP contribution >= 0.6 is 0 Å². The van der Waals surface area contributed by atoms with Gasteiger partial charge < -0.3 is 20.1 Å². The van der Waals surface area contributed by atoms with Crippen LogP contribution in [0, 0.1) is 6.92 Å². The Bertz CT molecular complexity index is 681. The molecule has 132 valence electrons. The summed E-state index contributed by atoms with van der Waals surface area (Å²) < 4.78 is 0. The molecule has 1 aromatic heterocycles. The highest BCUT2D eigenvalue weighted by atomic mass is 16.2. The van der Waals surface area contributed by atoms with E-state index in [0.717, 1.165) is 6.54 Å². The normalized spacial score (nSPS) is 12.4. The lowest BCUT2D eigenvalue weighted by Gasteiger charge is -2.29. The molecule has 1 amide bonds. The molecule has 25 heavy (non-hydrogen) atoms. The molecule has 2 radical (unpaired) electrons. The maximum atomic E-state index is 12.8. The first-order valence-corrected chi connectivity index (χ1v) is 8.49. The number of likely N-dealkylation sites (N-methyl/N-ethyl adjacent to an activating group) is 1. The molecule has 1 heterocycles. The van der Waals surface area contributed by atoms with E-state index in [1.165, 1.54) is 11.1 Å². The lowest BCUT2D eigenvalue weighted by atomic mass is 9.96. The van der Waals surface area contributed by atoms with Crippen LogP contribution < -0.4 is 10.8 Å². The molecule has 6 heteroatoms. The molecule has 0 aliphatic carbocycles. The van der Waals surface area contributed by atoms with Crippen LogP contribution in [0.1, 0.15) is 27.5 Å². The monoisotopic (exact) mass is 338 g/mol. The summed E-state index contributed by atoms with van der Waals surface area (Å²) in [7, 11) is 11.7. The standard InChI is InChI=1S/C19H27BN4O/c1-14-5-7-15(8-6-14)16(11-23(3)4)12-24(13-21-2)19(25)18-9-17(20)10-22-18/h5-10,16,21-22H,11-13H2,1-4H3. The fourth-order valence-electron chi connectivity index (χ4n) is 2.93. The van der Waals surface area contributed by atoms with Crippen molar-refractivity contribution in [3.63, 3.8) is 0 Å². The SMILES string of the molecule is [B]c1c[nH]c(C(=O)N(CNC)CC(CN(C)C)c2ccc(C)cc2)c1. The number of amides is 1. The Kier molecular flexibility index (Phi) is 6.85. The van der Waals surface area contributed by atoms with Crippen LogP contribution in [-0.4, -0.2) is 69.4 Å². The first-order valence-electron chi connectivity index (χ1n) is 8.49. The van der Waals surface area contributed by atoms with Gasteiger partial charge in [0, 0.05) is 19.0 Å². The second-order valence-electron chi connectivity index (χ2n) is 6.76. The minimum Gasteiger partial charge on any atom is -0.358 e. The first-order chi connectivity index (χ1) is 11.9. The Hall–Kier alpha value is -2.05. The van der Waals surface area contributed by atoms with Crippen molar-refractivity contribution in [1.82, 2.24) is 20.1 Å². The van der Waals surface area contributed by atoms with Crippen LogP contribution in [0.5, 0.6) is 0 Å². The summed E-state index contributed by atoms with van der Waals surface area (Å²) in [6.45, 7) is 4.05. The number of aromatic nitrogens is 1. The topological polar surface area (TPSA) is 51.4 Å². The Balaban J connectivity index is 2.22. The number of nitrogens with zero attached hydrogens (tertiary/aromatic N) is 2. The van der Waals surface area contributed by atoms with E-state index in [0.29, 0.717) is 24.4 Å². The summed E-state index contributed by atoms with van der Waals surface area (Å²) in [6.07, 6.45) is 1.64. The quantitative estimate of drug-likeness (QED) is 0.560. The van der Waals surface area contributed by atoms with E-state index in [1.807, 2.05) is 11.9 Å². The third-order valence-corrected chi connectivity index (χ3v) is 4.15. The van der Waals surface area contributed by atoms with Gasteiger partial charge in [0.2, 0.25) is 0 Å². The number of benzene rings is 1. The predicted octanol–water partition coefficient (Wildman–Crippen LogP) is 1.08. The summed E-state index contributed by atoms with van der Waals surface area (Å²) in [5.41, 5.74) is 3.55. The van der Waals surface area contributed by atoms with Gasteiger partial charge in [-0.3, -0.25) is 4.79 Å². The Morgan fingerprint density at radius 3 is 2.44 bits per heavy atom. The fourth-order valence-corrected chi connectivity index (χ4v) is 2.93. The molecule has 2 rings (SSSR count). The van der Waals surface area contributed by atoms with Crippen LogP contribution in [0.3, 0.4) is 0 Å². The molecule has 2 aromatic rings. The van der Waals surface area contributed by atoms with E-state index < -0.39 is 0 Å². The number of carbonyl (C=O) groups is 1. The van der Waals surface area contributed by atoms with Crippen molar-refractivity contribution in [3.05, 3.63) is 53.3 Å². The van der Waals surface area contributed by atoms with Gasteiger partial charge in [-0.2, -0.15) is 0 Å². The molecule has 0 fully saturated rings. The number of carbonyl (C=O) groups excluding carboxylic acids is 1. The summed E-state index contributed by atoms with van der Waals surface area (Å²) >= 11 is 0. The highest BCUT2D eigenvalue weighted by Gasteiger charge is 2.22. The van der Waals surface area contributed by atoms with Crippen molar-refractivity contribution in [3.8, 4) is 0 Å². The second kappa shape index (κ2) is 8.88. The molecular weight excluding hydrogens is 311 g/mol. The highest BCUT2D eigenvalue weighted by molar-refractivity contribution is 6.32. The van der Waals surface area contributed by atoms with Crippen LogP contribution in [0.2, 0.25) is 0 Å². The molecule has 0 saturated carbocycles. The van der Waals surface area contributed by atoms with Gasteiger partial charge in [0.25, 0.3) is 5.91 Å². The Labute approximate surface area is 151 Å². The summed E-state index contributed by atoms with van der Waals surface area (Å²) in [5.74, 6) is 0.169. The predicted molar refractivity (Wildman–Crippen MR) is 104 cm³/mol. The van der Waals surface area contributed by atoms with E-state index in [1.54, 1.807) is 12.3 Å². The number of hydrogen-bond acceptors (Lipinski definition) is 3. The van der Waals surface area contributed by atoms with Crippen molar-refractivity contribution in [2.45, 2.75) is 12.8 Å². The van der Waals surface area contributed by atoms with Crippen LogP contribution in [0.4, 0.5) is 0 Å². The minimum absolute atomic E-state index is 0.0538. The third-order valence-electron chi connectivity index (χ3n) is 4.15. The molecule has 1 aromatic carbocycles. The lowest BCUT2D eigenvalue weighted by Crippen LogP contribution is -2.42. The number of hydrogen-bond donors (Lipinski definition) is 2. The average molecular weight is 338 g/mol. The van der Waals surface area contributed by atoms with Gasteiger partial charge in [0.1, 0.15) is 13.5 Å². The van der Waals surface area contributed by atoms with Crippen molar-refractivity contribution in [2.24, 2.45) is 0 Å². The molecule has 0 aliphatic heterocycles. The lowest BCUT2D eigenvalue weighted by molar-refractivity contribution is 0.0723. The minimum atomic E-state index is -0.0538. The zero-order valence-corrected chi connectivity index (χ0v) is 15.5. The van der Waals surface area contributed by atoms with E-state index in [9.17, 15) is 4.79 Å². The van der Waals surface area contributed by atoms with E-state index in [4.69, 9.17) is 7.85 Å². The summed E-state index contributed by atoms with van der Waals surface area (Å²) in [5, 5.41) is 3.09. The molecule has 2 N–H and O–H groups in total. The molecular formula is C19H27BN4O. The number of nitrogens with one attached hydrogen (secondary N) is 2. The maximum absolute atomic E-state index is 12.8. The van der Waals surface area contributed by atoms with Gasteiger partial charge in [0.15, 0.2) is 0 Å². The molecule has 1 unspecified atom stereocenters. The van der Waals surface area contributed by atoms with Crippen LogP contribution in [-0.2, 0) is 0 Å². The third kappa shape index (κ3) is 5.48. The number of aromatic amines is 1. The molecule has 1 atom stereocenters. The van der Waals surface area contributed by atoms with Gasteiger partial charge in [-0.15, -0.1) is 0 Å². The largest absolute Gasteiger partial charge is 0.358 e. The highest BCUT2D eigenvalue weighted by Crippen LogP contribution is 2.19. The van der Waals surface area contributed by atoms with E-state index in [-0.39, 0.29) is 11.8 Å². The van der Waals surface area contributed by atoms with Gasteiger partial charge in [0.05, 0.1) is 6.67 Å². The molecule has 0 saturated heterocycles. The smallest absolute Gasteiger partial charge is 0.271 e. The number of aryl methyl sites for hydroxylation is 1. The maximum Gasteiger partial charge on any atom is 0.271 e. The molecule has 5 nitrogen and oxygen atoms in total. The van der Waals surface area contributed by atoms with Gasteiger partial charge in [-0.25, -0.2) is 0 Å². The molecule has 0 aliphatic rings. The summed E-state index contributed by atoms with van der Waals surface area (Å²) in [6, 6.07) is 10.2. The Morgan fingerprint density at radius 2 is 1.92 bits per heavy atom. The summed E-state index contributed by atoms with van der Waals surface area (Å²) in [4.78, 5) is 19.8. The zero-order chi connectivity index (χ0) is 18.4. The van der Waals surface area contributed by atoms with E-state index in [2.05, 4.69) is 60.5 Å². The van der Waals surface area contributed by atoms with Crippen LogP contribution in [0.25, 0.3) is 0 Å². The van der Waals surface area contributed by atoms with Crippen molar-refractivity contribution >= 4 is 19.2 Å². The zero-order valence-electron chi connectivity index (χ0n) is 15.5. The molecule has 0 spiro atoms. The van der Waals surface area contributed by atoms with E-state index >= 15 is 0 Å². The van der Waals surface area contributed by atoms with Gasteiger partial charge in [-0.05, 0) is 45.9 Å². The van der Waals surface area contributed by atoms with Gasteiger partial charge in [-0.1, -0.05) is 35.3 Å². The van der Waals surface area contributed by atoms with Crippen molar-refractivity contribution < 1.29 is 4.79 Å². The fraction of sp³-hybridized carbons (Fsp3) is 0.421. The van der Waals surface area contributed by atoms with Crippen molar-refractivity contribution in [2.75, 3.05) is 40.9 Å². The first kappa shape index (κ1) is 19.3. The van der Waals surface area contributed by atoms with Crippen LogP contribution in [0.15, 0.2) is 36.5 Å². The van der Waals surface area contributed by atoms with Crippen molar-refractivity contribution in [1.29, 1.82) is 0 Å². The Morgan fingerprint density at radius 1 is 1.24 bits per heavy atom. The second-order valence-corrected chi connectivity index (χ2v) is 6.76. The number of rotatable bonds is 8. The molecule has 0 bridgehead atoms. The average Bonchev–Trinajstić information content (AvgIpc) is 3.00.